The van der Waals surface area contributed by atoms with Crippen LogP contribution in [0.25, 0.3) is 0 Å². The van der Waals surface area contributed by atoms with Crippen LogP contribution >= 0.6 is 23.5 Å². The Morgan fingerprint density at radius 3 is 2.90 bits per heavy atom. The van der Waals surface area contributed by atoms with Crippen molar-refractivity contribution in [1.82, 2.24) is 5.32 Å². The number of benzene rings is 1. The maximum atomic E-state index is 12.2. The highest BCUT2D eigenvalue weighted by molar-refractivity contribution is 8.06. The summed E-state index contributed by atoms with van der Waals surface area (Å²) in [6, 6.07) is 5.91. The summed E-state index contributed by atoms with van der Waals surface area (Å²) in [4.78, 5) is 12.2. The van der Waals surface area contributed by atoms with Crippen molar-refractivity contribution in [3.05, 3.63) is 29.3 Å². The molecule has 0 spiro atoms. The van der Waals surface area contributed by atoms with E-state index in [1.165, 1.54) is 11.5 Å². The third-order valence-electron chi connectivity index (χ3n) is 3.23. The first-order valence-electron chi connectivity index (χ1n) is 7.02. The summed E-state index contributed by atoms with van der Waals surface area (Å²) in [5.74, 6) is 3.62. The number of hydrogen-bond acceptors (Lipinski definition) is 4. The van der Waals surface area contributed by atoms with Gasteiger partial charge in [0.1, 0.15) is 0 Å². The molecule has 20 heavy (non-hydrogen) atoms. The molecule has 110 valence electrons. The second-order valence-electron chi connectivity index (χ2n) is 4.84. The lowest BCUT2D eigenvalue weighted by molar-refractivity contribution is 0.0953. The highest BCUT2D eigenvalue weighted by atomic mass is 32.2. The standard InChI is InChI=1S/C15H22N2OS2/c1-3-16-12-4-5-14(11(2)8-12)15(18)17-9-13-10-19-6-7-20-13/h4-5,8,13,16H,3,6-7,9-10H2,1-2H3,(H,17,18). The van der Waals surface area contributed by atoms with E-state index >= 15 is 0 Å². The zero-order chi connectivity index (χ0) is 14.4. The first kappa shape index (κ1) is 15.6. The Balaban J connectivity index is 1.91. The minimum atomic E-state index is 0.0433. The minimum Gasteiger partial charge on any atom is -0.385 e. The van der Waals surface area contributed by atoms with Gasteiger partial charge in [0.15, 0.2) is 0 Å². The molecular weight excluding hydrogens is 288 g/mol. The molecule has 1 saturated heterocycles. The summed E-state index contributed by atoms with van der Waals surface area (Å²) in [6.07, 6.45) is 0. The van der Waals surface area contributed by atoms with Crippen molar-refractivity contribution < 1.29 is 4.79 Å². The van der Waals surface area contributed by atoms with Gasteiger partial charge in [-0.15, -0.1) is 0 Å². The first-order chi connectivity index (χ1) is 9.70. The van der Waals surface area contributed by atoms with Crippen LogP contribution in [0.15, 0.2) is 18.2 Å². The molecule has 0 aliphatic carbocycles. The van der Waals surface area contributed by atoms with Crippen molar-refractivity contribution in [2.45, 2.75) is 19.1 Å². The molecule has 0 saturated carbocycles. The number of carbonyl (C=O) groups is 1. The Labute approximate surface area is 129 Å². The van der Waals surface area contributed by atoms with E-state index in [0.29, 0.717) is 5.25 Å². The quantitative estimate of drug-likeness (QED) is 0.877. The molecule has 1 atom stereocenters. The van der Waals surface area contributed by atoms with Crippen molar-refractivity contribution >= 4 is 35.1 Å². The first-order valence-corrected chi connectivity index (χ1v) is 9.23. The Morgan fingerprint density at radius 1 is 1.40 bits per heavy atom. The van der Waals surface area contributed by atoms with E-state index < -0.39 is 0 Å². The molecule has 2 N–H and O–H groups in total. The van der Waals surface area contributed by atoms with Gasteiger partial charge in [-0.3, -0.25) is 4.79 Å². The third-order valence-corrected chi connectivity index (χ3v) is 6.07. The Bertz CT molecular complexity index is 459. The van der Waals surface area contributed by atoms with Crippen molar-refractivity contribution in [2.75, 3.05) is 35.7 Å². The number of aryl methyl sites for hydroxylation is 1. The summed E-state index contributed by atoms with van der Waals surface area (Å²) in [5, 5.41) is 6.88. The predicted molar refractivity (Wildman–Crippen MR) is 91.2 cm³/mol. The van der Waals surface area contributed by atoms with E-state index in [9.17, 15) is 4.79 Å². The summed E-state index contributed by atoms with van der Waals surface area (Å²) in [6.45, 7) is 5.71. The fourth-order valence-electron chi connectivity index (χ4n) is 2.19. The lowest BCUT2D eigenvalue weighted by Gasteiger charge is -2.21. The normalized spacial score (nSPS) is 18.6. The van der Waals surface area contributed by atoms with Crippen LogP contribution in [0.4, 0.5) is 5.69 Å². The molecule has 5 heteroatoms. The predicted octanol–water partition coefficient (Wildman–Crippen LogP) is 3.01. The fourth-order valence-corrected chi connectivity index (χ4v) is 4.80. The van der Waals surface area contributed by atoms with Crippen LogP contribution in [0.2, 0.25) is 0 Å². The van der Waals surface area contributed by atoms with Gasteiger partial charge in [-0.1, -0.05) is 0 Å². The van der Waals surface area contributed by atoms with Crippen molar-refractivity contribution in [3.8, 4) is 0 Å². The van der Waals surface area contributed by atoms with Gasteiger partial charge in [0.25, 0.3) is 5.91 Å². The number of amides is 1. The lowest BCUT2D eigenvalue weighted by Crippen LogP contribution is -2.33. The van der Waals surface area contributed by atoms with Crippen LogP contribution in [0.5, 0.6) is 0 Å². The number of thioether (sulfide) groups is 2. The summed E-state index contributed by atoms with van der Waals surface area (Å²) >= 11 is 3.95. The molecule has 1 fully saturated rings. The monoisotopic (exact) mass is 310 g/mol. The molecule has 1 aliphatic heterocycles. The Kier molecular flexibility index (Phi) is 6.10. The maximum absolute atomic E-state index is 12.2. The van der Waals surface area contributed by atoms with Crippen molar-refractivity contribution in [1.29, 1.82) is 0 Å². The summed E-state index contributed by atoms with van der Waals surface area (Å²) < 4.78 is 0. The molecule has 1 unspecified atom stereocenters. The number of nitrogens with one attached hydrogen (secondary N) is 2. The largest absolute Gasteiger partial charge is 0.385 e. The topological polar surface area (TPSA) is 41.1 Å². The highest BCUT2D eigenvalue weighted by Gasteiger charge is 2.16. The zero-order valence-corrected chi connectivity index (χ0v) is 13.7. The molecule has 1 heterocycles. The molecule has 0 radical (unpaired) electrons. The molecule has 2 rings (SSSR count). The molecule has 3 nitrogen and oxygen atoms in total. The molecular formula is C15H22N2OS2. The van der Waals surface area contributed by atoms with E-state index in [2.05, 4.69) is 17.6 Å². The second-order valence-corrected chi connectivity index (χ2v) is 7.40. The van der Waals surface area contributed by atoms with Crippen molar-refractivity contribution in [2.24, 2.45) is 0 Å². The van der Waals surface area contributed by atoms with Gasteiger partial charge < -0.3 is 10.6 Å². The van der Waals surface area contributed by atoms with Gasteiger partial charge in [0, 0.05) is 46.8 Å². The highest BCUT2D eigenvalue weighted by Crippen LogP contribution is 2.23. The third kappa shape index (κ3) is 4.35. The number of carbonyl (C=O) groups excluding carboxylic acids is 1. The van der Waals surface area contributed by atoms with Crippen LogP contribution in [0.1, 0.15) is 22.8 Å². The number of rotatable bonds is 5. The minimum absolute atomic E-state index is 0.0433. The summed E-state index contributed by atoms with van der Waals surface area (Å²) in [5.41, 5.74) is 2.87. The Morgan fingerprint density at radius 2 is 2.25 bits per heavy atom. The second kappa shape index (κ2) is 7.84. The van der Waals surface area contributed by atoms with Crippen LogP contribution in [-0.4, -0.2) is 41.5 Å². The fraction of sp³-hybridized carbons (Fsp3) is 0.533. The number of hydrogen-bond donors (Lipinski definition) is 2. The average molecular weight is 310 g/mol. The van der Waals surface area contributed by atoms with E-state index in [-0.39, 0.29) is 5.91 Å². The SMILES string of the molecule is CCNc1ccc(C(=O)NCC2CSCCS2)c(C)c1. The van der Waals surface area contributed by atoms with E-state index in [0.717, 1.165) is 35.7 Å². The molecule has 1 aliphatic rings. The van der Waals surface area contributed by atoms with Gasteiger partial charge in [-0.05, 0) is 37.6 Å². The van der Waals surface area contributed by atoms with E-state index in [1.54, 1.807) is 0 Å². The molecule has 0 bridgehead atoms. The van der Waals surface area contributed by atoms with Crippen LogP contribution < -0.4 is 10.6 Å². The average Bonchev–Trinajstić information content (AvgIpc) is 2.46. The van der Waals surface area contributed by atoms with Gasteiger partial charge in [-0.25, -0.2) is 0 Å². The maximum Gasteiger partial charge on any atom is 0.251 e. The van der Waals surface area contributed by atoms with Gasteiger partial charge in [0.2, 0.25) is 0 Å². The number of anilines is 1. The van der Waals surface area contributed by atoms with Gasteiger partial charge in [0.05, 0.1) is 0 Å². The van der Waals surface area contributed by atoms with Crippen LogP contribution in [-0.2, 0) is 0 Å². The smallest absolute Gasteiger partial charge is 0.251 e. The van der Waals surface area contributed by atoms with E-state index in [1.807, 2.05) is 48.6 Å². The molecule has 1 amide bonds. The van der Waals surface area contributed by atoms with Gasteiger partial charge in [-0.2, -0.15) is 23.5 Å². The Hall–Kier alpha value is -0.810. The molecule has 0 aromatic heterocycles. The van der Waals surface area contributed by atoms with Crippen molar-refractivity contribution in [3.63, 3.8) is 0 Å². The lowest BCUT2D eigenvalue weighted by atomic mass is 10.1. The van der Waals surface area contributed by atoms with Gasteiger partial charge >= 0.3 is 0 Å². The van der Waals surface area contributed by atoms with E-state index in [4.69, 9.17) is 0 Å². The summed E-state index contributed by atoms with van der Waals surface area (Å²) in [7, 11) is 0. The zero-order valence-electron chi connectivity index (χ0n) is 12.1. The molecule has 1 aromatic carbocycles. The van der Waals surface area contributed by atoms with Crippen LogP contribution in [0.3, 0.4) is 0 Å². The van der Waals surface area contributed by atoms with Crippen LogP contribution in [0, 0.1) is 6.92 Å². The molecule has 1 aromatic rings.